The van der Waals surface area contributed by atoms with Crippen molar-refractivity contribution >= 4 is 38.4 Å². The van der Waals surface area contributed by atoms with E-state index in [9.17, 15) is 22.8 Å². The molecule has 2 N–H and O–H groups in total. The average Bonchev–Trinajstić information content (AvgIpc) is 3.62. The number of sulfone groups is 1. The van der Waals surface area contributed by atoms with Gasteiger partial charge in [-0.05, 0) is 42.7 Å². The van der Waals surface area contributed by atoms with Crippen LogP contribution < -0.4 is 16.2 Å². The molecule has 2 heterocycles. The number of benzene rings is 1. The number of nitriles is 1. The van der Waals surface area contributed by atoms with Gasteiger partial charge >= 0.3 is 0 Å². The third kappa shape index (κ3) is 4.04. The van der Waals surface area contributed by atoms with Crippen molar-refractivity contribution in [2.45, 2.75) is 24.1 Å². The summed E-state index contributed by atoms with van der Waals surface area (Å²) in [6.45, 7) is 0.164. The molecule has 11 heteroatoms. The van der Waals surface area contributed by atoms with Crippen LogP contribution in [0.5, 0.6) is 0 Å². The molecule has 1 fully saturated rings. The third-order valence-corrected chi connectivity index (χ3v) is 7.98. The molecule has 0 radical (unpaired) electrons. The van der Waals surface area contributed by atoms with Gasteiger partial charge < -0.3 is 15.2 Å². The Kier molecular flexibility index (Phi) is 5.70. The first-order chi connectivity index (χ1) is 16.1. The van der Waals surface area contributed by atoms with Crippen LogP contribution in [0.3, 0.4) is 0 Å². The topological polar surface area (TPSA) is 151 Å². The smallest absolute Gasteiger partial charge is 0.263 e. The van der Waals surface area contributed by atoms with E-state index in [4.69, 9.17) is 5.26 Å². The first-order valence-corrected chi connectivity index (χ1v) is 12.2. The lowest BCUT2D eigenvalue weighted by molar-refractivity contribution is -0.116. The Morgan fingerprint density at radius 3 is 2.47 bits per heavy atom. The molecule has 0 unspecified atom stereocenters. The van der Waals surface area contributed by atoms with Crippen LogP contribution in [-0.4, -0.2) is 40.8 Å². The number of hydrogen-bond donors (Lipinski definition) is 2. The molecule has 0 atom stereocenters. The van der Waals surface area contributed by atoms with Crippen LogP contribution in [0.15, 0.2) is 47.4 Å². The molecule has 2 amide bonds. The van der Waals surface area contributed by atoms with E-state index in [1.807, 2.05) is 6.07 Å². The second-order valence-corrected chi connectivity index (χ2v) is 10.6. The Morgan fingerprint density at radius 1 is 1.21 bits per heavy atom. The minimum Gasteiger partial charge on any atom is -0.348 e. The molecule has 2 aromatic heterocycles. The lowest BCUT2D eigenvalue weighted by atomic mass is 10.1. The van der Waals surface area contributed by atoms with Crippen molar-refractivity contribution in [1.29, 1.82) is 5.26 Å². The number of rotatable bonds is 6. The summed E-state index contributed by atoms with van der Waals surface area (Å²) in [6, 6.07) is 11.7. The van der Waals surface area contributed by atoms with E-state index < -0.39 is 32.0 Å². The Morgan fingerprint density at radius 2 is 1.88 bits per heavy atom. The standard InChI is InChI=1S/C23H21N5O5S/c1-28-18-16(7-10-25-19(18)27-22(31)23(8-9-23)34(2,32)33)11-17(21(28)30)20(29)26-13-15-5-3-14(12-24)4-6-15/h3-7,10-11H,8-9,13H2,1-2H3,(H,26,29)(H,25,27,31). The van der Waals surface area contributed by atoms with Crippen molar-refractivity contribution < 1.29 is 18.0 Å². The number of amides is 2. The molecular weight excluding hydrogens is 458 g/mol. The highest BCUT2D eigenvalue weighted by Crippen LogP contribution is 2.44. The van der Waals surface area contributed by atoms with Crippen molar-refractivity contribution in [3.05, 3.63) is 69.6 Å². The van der Waals surface area contributed by atoms with Gasteiger partial charge in [-0.25, -0.2) is 13.4 Å². The maximum atomic E-state index is 13.0. The molecule has 0 aliphatic heterocycles. The van der Waals surface area contributed by atoms with E-state index in [0.717, 1.165) is 11.8 Å². The third-order valence-electron chi connectivity index (χ3n) is 5.97. The zero-order chi connectivity index (χ0) is 24.7. The fourth-order valence-electron chi connectivity index (χ4n) is 3.77. The van der Waals surface area contributed by atoms with Crippen molar-refractivity contribution in [1.82, 2.24) is 14.9 Å². The maximum Gasteiger partial charge on any atom is 0.263 e. The van der Waals surface area contributed by atoms with Gasteiger partial charge in [0, 0.05) is 31.4 Å². The Bertz CT molecular complexity index is 1530. The highest BCUT2D eigenvalue weighted by atomic mass is 32.2. The van der Waals surface area contributed by atoms with E-state index in [-0.39, 0.29) is 36.3 Å². The number of aromatic nitrogens is 2. The molecular formula is C23H21N5O5S. The van der Waals surface area contributed by atoms with Crippen molar-refractivity contribution in [2.75, 3.05) is 11.6 Å². The monoisotopic (exact) mass is 479 g/mol. The Hall–Kier alpha value is -4.04. The predicted molar refractivity (Wildman–Crippen MR) is 125 cm³/mol. The number of carbonyl (C=O) groups is 2. The Balaban J connectivity index is 1.62. The number of pyridine rings is 2. The molecule has 3 aromatic rings. The van der Waals surface area contributed by atoms with Crippen molar-refractivity contribution in [2.24, 2.45) is 7.05 Å². The molecule has 10 nitrogen and oxygen atoms in total. The van der Waals surface area contributed by atoms with Gasteiger partial charge in [-0.15, -0.1) is 0 Å². The SMILES string of the molecule is Cn1c(=O)c(C(=O)NCc2ccc(C#N)cc2)cc2ccnc(NC(=O)C3(S(C)(=O)=O)CC3)c21. The van der Waals surface area contributed by atoms with E-state index >= 15 is 0 Å². The van der Waals surface area contributed by atoms with E-state index in [0.29, 0.717) is 10.9 Å². The number of nitrogens with zero attached hydrogens (tertiary/aromatic N) is 3. The molecule has 1 aromatic carbocycles. The van der Waals surface area contributed by atoms with Gasteiger partial charge in [-0.2, -0.15) is 5.26 Å². The fraction of sp³-hybridized carbons (Fsp3) is 0.261. The van der Waals surface area contributed by atoms with Crippen LogP contribution in [0.4, 0.5) is 5.82 Å². The second kappa shape index (κ2) is 8.39. The highest BCUT2D eigenvalue weighted by molar-refractivity contribution is 7.93. The van der Waals surface area contributed by atoms with E-state index in [1.165, 1.54) is 23.9 Å². The largest absolute Gasteiger partial charge is 0.348 e. The lowest BCUT2D eigenvalue weighted by Crippen LogP contribution is -2.37. The average molecular weight is 480 g/mol. The van der Waals surface area contributed by atoms with Crippen LogP contribution >= 0.6 is 0 Å². The molecule has 1 aliphatic carbocycles. The second-order valence-electron chi connectivity index (χ2n) is 8.23. The summed E-state index contributed by atoms with van der Waals surface area (Å²) in [5, 5.41) is 14.6. The molecule has 1 saturated carbocycles. The summed E-state index contributed by atoms with van der Waals surface area (Å²) in [6.07, 6.45) is 2.88. The lowest BCUT2D eigenvalue weighted by Gasteiger charge is -2.16. The minimum atomic E-state index is -3.61. The van der Waals surface area contributed by atoms with Crippen molar-refractivity contribution in [3.63, 3.8) is 0 Å². The number of nitrogens with one attached hydrogen (secondary N) is 2. The molecule has 0 saturated heterocycles. The van der Waals surface area contributed by atoms with Gasteiger partial charge in [0.1, 0.15) is 5.56 Å². The summed E-state index contributed by atoms with van der Waals surface area (Å²) < 4.78 is 23.8. The Labute approximate surface area is 195 Å². The summed E-state index contributed by atoms with van der Waals surface area (Å²) in [5.74, 6) is -1.23. The molecule has 4 rings (SSSR count). The quantitative estimate of drug-likeness (QED) is 0.540. The fourth-order valence-corrected chi connectivity index (χ4v) is 5.00. The first-order valence-electron chi connectivity index (χ1n) is 10.3. The number of hydrogen-bond acceptors (Lipinski definition) is 7. The van der Waals surface area contributed by atoms with Gasteiger partial charge in [0.2, 0.25) is 5.91 Å². The molecule has 0 bridgehead atoms. The van der Waals surface area contributed by atoms with Gasteiger partial charge in [0.25, 0.3) is 11.5 Å². The van der Waals surface area contributed by atoms with Crippen LogP contribution in [-0.2, 0) is 28.2 Å². The molecule has 0 spiro atoms. The molecule has 1 aliphatic rings. The number of anilines is 1. The minimum absolute atomic E-state index is 0.0431. The van der Waals surface area contributed by atoms with Gasteiger partial charge in [0.15, 0.2) is 20.4 Å². The number of fused-ring (bicyclic) bond motifs is 1. The van der Waals surface area contributed by atoms with Crippen LogP contribution in [0.1, 0.15) is 34.3 Å². The van der Waals surface area contributed by atoms with Crippen molar-refractivity contribution in [3.8, 4) is 6.07 Å². The summed E-state index contributed by atoms with van der Waals surface area (Å²) in [7, 11) is -2.16. The zero-order valence-corrected chi connectivity index (χ0v) is 19.3. The molecule has 174 valence electrons. The molecule has 34 heavy (non-hydrogen) atoms. The summed E-state index contributed by atoms with van der Waals surface area (Å²) in [4.78, 5) is 42.5. The normalized spacial score (nSPS) is 14.3. The first kappa shape index (κ1) is 23.1. The van der Waals surface area contributed by atoms with E-state index in [2.05, 4.69) is 15.6 Å². The predicted octanol–water partition coefficient (Wildman–Crippen LogP) is 1.25. The summed E-state index contributed by atoms with van der Waals surface area (Å²) >= 11 is 0. The van der Waals surface area contributed by atoms with Gasteiger partial charge in [-0.1, -0.05) is 12.1 Å². The summed E-state index contributed by atoms with van der Waals surface area (Å²) in [5.41, 5.74) is 0.839. The number of aryl methyl sites for hydroxylation is 1. The maximum absolute atomic E-state index is 13.0. The van der Waals surface area contributed by atoms with E-state index in [1.54, 1.807) is 30.3 Å². The number of carbonyl (C=O) groups excluding carboxylic acids is 2. The van der Waals surface area contributed by atoms with Crippen LogP contribution in [0.2, 0.25) is 0 Å². The highest BCUT2D eigenvalue weighted by Gasteiger charge is 2.58. The van der Waals surface area contributed by atoms with Gasteiger partial charge in [-0.3, -0.25) is 14.4 Å². The van der Waals surface area contributed by atoms with Crippen LogP contribution in [0.25, 0.3) is 10.9 Å². The van der Waals surface area contributed by atoms with Gasteiger partial charge in [0.05, 0.1) is 17.1 Å². The van der Waals surface area contributed by atoms with Crippen LogP contribution in [0, 0.1) is 11.3 Å². The zero-order valence-electron chi connectivity index (χ0n) is 18.5.